The molecular weight excluding hydrogens is 420 g/mol. The Kier molecular flexibility index (Phi) is 6.01. The van der Waals surface area contributed by atoms with Crippen LogP contribution in [0.15, 0.2) is 115 Å². The zero-order valence-electron chi connectivity index (χ0n) is 18.8. The number of hydrogen-bond acceptors (Lipinski definition) is 4. The lowest BCUT2D eigenvalue weighted by Crippen LogP contribution is -2.36. The van der Waals surface area contributed by atoms with E-state index in [1.165, 1.54) is 0 Å². The second-order valence-electron chi connectivity index (χ2n) is 8.06. The summed E-state index contributed by atoms with van der Waals surface area (Å²) in [7, 11) is 1.67. The predicted octanol–water partition coefficient (Wildman–Crippen LogP) is 6.88. The third-order valence-corrected chi connectivity index (χ3v) is 6.00. The van der Waals surface area contributed by atoms with Crippen molar-refractivity contribution in [3.63, 3.8) is 0 Å². The summed E-state index contributed by atoms with van der Waals surface area (Å²) < 4.78 is 12.1. The highest BCUT2D eigenvalue weighted by Gasteiger charge is 2.34. The van der Waals surface area contributed by atoms with Gasteiger partial charge in [0.2, 0.25) is 0 Å². The van der Waals surface area contributed by atoms with Gasteiger partial charge in [-0.05, 0) is 60.2 Å². The van der Waals surface area contributed by atoms with Gasteiger partial charge in [0.1, 0.15) is 11.5 Å². The minimum Gasteiger partial charge on any atom is -0.497 e. The highest BCUT2D eigenvalue weighted by atomic mass is 16.5. The number of methoxy groups -OCH3 is 1. The van der Waals surface area contributed by atoms with Crippen molar-refractivity contribution >= 4 is 11.4 Å². The van der Waals surface area contributed by atoms with Crippen LogP contribution in [0.3, 0.4) is 0 Å². The molecule has 1 heterocycles. The Morgan fingerprint density at radius 3 is 1.97 bits per heavy atom. The number of rotatable bonds is 5. The lowest BCUT2D eigenvalue weighted by molar-refractivity contribution is 0.143. The van der Waals surface area contributed by atoms with E-state index in [1.807, 2.05) is 60.7 Å². The van der Waals surface area contributed by atoms with Crippen molar-refractivity contribution in [2.75, 3.05) is 12.0 Å². The predicted molar refractivity (Wildman–Crippen MR) is 134 cm³/mol. The first-order valence-electron chi connectivity index (χ1n) is 11.2. The Hall–Kier alpha value is -4.49. The fourth-order valence-electron chi connectivity index (χ4n) is 4.26. The first kappa shape index (κ1) is 21.4. The van der Waals surface area contributed by atoms with Crippen LogP contribution in [-0.2, 0) is 4.74 Å². The number of anilines is 1. The molecule has 0 fully saturated rings. The molecule has 2 atom stereocenters. The molecule has 0 spiro atoms. The first-order chi connectivity index (χ1) is 16.8. The van der Waals surface area contributed by atoms with Crippen LogP contribution in [0.25, 0.3) is 5.76 Å². The molecule has 4 aromatic rings. The lowest BCUT2D eigenvalue weighted by atomic mass is 9.97. The van der Waals surface area contributed by atoms with Gasteiger partial charge in [-0.3, -0.25) is 0 Å². The summed E-state index contributed by atoms with van der Waals surface area (Å²) in [6.45, 7) is 0. The van der Waals surface area contributed by atoms with Crippen molar-refractivity contribution in [2.24, 2.45) is 0 Å². The molecule has 0 amide bonds. The van der Waals surface area contributed by atoms with Gasteiger partial charge < -0.3 is 14.4 Å². The Morgan fingerprint density at radius 2 is 1.38 bits per heavy atom. The smallest absolute Gasteiger partial charge is 0.199 e. The minimum atomic E-state index is -0.351. The van der Waals surface area contributed by atoms with Gasteiger partial charge >= 0.3 is 0 Å². The van der Waals surface area contributed by atoms with Gasteiger partial charge in [0.15, 0.2) is 6.23 Å². The monoisotopic (exact) mass is 444 g/mol. The summed E-state index contributed by atoms with van der Waals surface area (Å²) in [4.78, 5) is 2.29. The average molecular weight is 445 g/mol. The lowest BCUT2D eigenvalue weighted by Gasteiger charge is -2.43. The molecule has 4 heteroatoms. The van der Waals surface area contributed by atoms with Gasteiger partial charge in [-0.1, -0.05) is 60.7 Å². The third-order valence-electron chi connectivity index (χ3n) is 6.00. The molecule has 166 valence electrons. The quantitative estimate of drug-likeness (QED) is 0.336. The Bertz CT molecular complexity index is 1310. The summed E-state index contributed by atoms with van der Waals surface area (Å²) in [6, 6.07) is 38.4. The molecule has 4 aromatic carbocycles. The van der Waals surface area contributed by atoms with E-state index >= 15 is 0 Å². The summed E-state index contributed by atoms with van der Waals surface area (Å²) in [5.41, 5.74) is 4.81. The number of nitrogens with zero attached hydrogens (tertiary/aromatic N) is 2. The molecule has 0 N–H and O–H groups in total. The Balaban J connectivity index is 1.68. The molecule has 0 aromatic heterocycles. The van der Waals surface area contributed by atoms with Crippen LogP contribution in [-0.4, -0.2) is 7.11 Å². The fraction of sp³-hybridized carbons (Fsp3) is 0.100. The zero-order chi connectivity index (χ0) is 23.3. The number of hydrogen-bond donors (Lipinski definition) is 0. The van der Waals surface area contributed by atoms with Gasteiger partial charge in [0.05, 0.1) is 24.8 Å². The van der Waals surface area contributed by atoms with E-state index in [-0.39, 0.29) is 12.3 Å². The van der Waals surface area contributed by atoms with Gasteiger partial charge in [0, 0.05) is 16.8 Å². The molecule has 0 saturated carbocycles. The second kappa shape index (κ2) is 9.56. The van der Waals surface area contributed by atoms with E-state index in [0.717, 1.165) is 33.9 Å². The minimum absolute atomic E-state index is 0.0702. The van der Waals surface area contributed by atoms with Crippen molar-refractivity contribution in [1.82, 2.24) is 0 Å². The topological polar surface area (TPSA) is 45.5 Å². The maximum atomic E-state index is 9.21. The molecule has 1 aliphatic rings. The summed E-state index contributed by atoms with van der Waals surface area (Å²) in [6.07, 6.45) is 1.80. The first-order valence-corrected chi connectivity index (χ1v) is 11.2. The number of benzene rings is 4. The highest BCUT2D eigenvalue weighted by Crippen LogP contribution is 2.44. The molecule has 2 unspecified atom stereocenters. The van der Waals surface area contributed by atoms with E-state index in [9.17, 15) is 5.26 Å². The highest BCUT2D eigenvalue weighted by molar-refractivity contribution is 5.67. The number of ether oxygens (including phenoxy) is 2. The summed E-state index contributed by atoms with van der Waals surface area (Å²) in [5.74, 6) is 1.60. The Labute approximate surface area is 199 Å². The van der Waals surface area contributed by atoms with Crippen LogP contribution in [0.1, 0.15) is 34.5 Å². The Morgan fingerprint density at radius 1 is 0.765 bits per heavy atom. The molecule has 0 aliphatic carbocycles. The summed E-state index contributed by atoms with van der Waals surface area (Å²) >= 11 is 0. The van der Waals surface area contributed by atoms with Crippen LogP contribution in [0.5, 0.6) is 5.75 Å². The van der Waals surface area contributed by atoms with E-state index in [4.69, 9.17) is 9.47 Å². The van der Waals surface area contributed by atoms with Gasteiger partial charge in [-0.2, -0.15) is 5.26 Å². The van der Waals surface area contributed by atoms with Crippen LogP contribution >= 0.6 is 0 Å². The van der Waals surface area contributed by atoms with Crippen LogP contribution in [0.2, 0.25) is 0 Å². The van der Waals surface area contributed by atoms with Crippen LogP contribution in [0.4, 0.5) is 5.69 Å². The van der Waals surface area contributed by atoms with Gasteiger partial charge in [-0.15, -0.1) is 0 Å². The SMILES string of the molecule is COc1ccc(N2C(c3ccccc3)C=C(c3ccc(C#N)cc3)OC2c2ccccc2)cc1. The molecule has 0 bridgehead atoms. The molecule has 0 radical (unpaired) electrons. The molecule has 5 rings (SSSR count). The van der Waals surface area contributed by atoms with E-state index in [1.54, 1.807) is 7.11 Å². The van der Waals surface area contributed by atoms with Crippen molar-refractivity contribution in [1.29, 1.82) is 5.26 Å². The van der Waals surface area contributed by atoms with Gasteiger partial charge in [-0.25, -0.2) is 0 Å². The largest absolute Gasteiger partial charge is 0.497 e. The van der Waals surface area contributed by atoms with E-state index in [2.05, 4.69) is 65.6 Å². The van der Waals surface area contributed by atoms with E-state index < -0.39 is 0 Å². The maximum absolute atomic E-state index is 9.21. The fourth-order valence-corrected chi connectivity index (χ4v) is 4.26. The molecule has 0 saturated heterocycles. The zero-order valence-corrected chi connectivity index (χ0v) is 18.8. The van der Waals surface area contributed by atoms with Crippen molar-refractivity contribution < 1.29 is 9.47 Å². The maximum Gasteiger partial charge on any atom is 0.199 e. The normalized spacial score (nSPS) is 17.3. The van der Waals surface area contributed by atoms with Crippen molar-refractivity contribution in [3.8, 4) is 11.8 Å². The van der Waals surface area contributed by atoms with Crippen molar-refractivity contribution in [3.05, 3.63) is 138 Å². The molecule has 1 aliphatic heterocycles. The molecule has 34 heavy (non-hydrogen) atoms. The molecular formula is C30H24N2O2. The molecule has 4 nitrogen and oxygen atoms in total. The van der Waals surface area contributed by atoms with E-state index in [0.29, 0.717) is 5.56 Å². The second-order valence-corrected chi connectivity index (χ2v) is 8.06. The standard InChI is InChI=1S/C30H24N2O2/c1-33-27-18-16-26(17-19-27)32-28(23-8-4-2-5-9-23)20-29(24-14-12-22(21-31)13-15-24)34-30(32)25-10-6-3-7-11-25/h2-20,28,30H,1H3. The van der Waals surface area contributed by atoms with Crippen LogP contribution in [0, 0.1) is 11.3 Å². The average Bonchev–Trinajstić information content (AvgIpc) is 2.93. The summed E-state index contributed by atoms with van der Waals surface area (Å²) in [5, 5.41) is 9.21. The van der Waals surface area contributed by atoms with Crippen molar-refractivity contribution in [2.45, 2.75) is 12.3 Å². The van der Waals surface area contributed by atoms with Crippen LogP contribution < -0.4 is 9.64 Å². The third kappa shape index (κ3) is 4.24. The van der Waals surface area contributed by atoms with Gasteiger partial charge in [0.25, 0.3) is 0 Å². The number of nitriles is 1.